The van der Waals surface area contributed by atoms with Crippen LogP contribution in [-0.2, 0) is 12.7 Å². The topological polar surface area (TPSA) is 132 Å². The van der Waals surface area contributed by atoms with Crippen molar-refractivity contribution in [2.75, 3.05) is 17.2 Å². The molecule has 1 fully saturated rings. The second-order valence-corrected chi connectivity index (χ2v) is 7.21. The summed E-state index contributed by atoms with van der Waals surface area (Å²) in [5.41, 5.74) is 4.76. The Labute approximate surface area is 170 Å². The first-order valence-electron chi connectivity index (χ1n) is 9.50. The number of rotatable bonds is 7. The molecule has 12 heteroatoms. The lowest BCUT2D eigenvalue weighted by Crippen LogP contribution is -2.29. The fraction of sp³-hybridized carbons (Fsp3) is 0.500. The lowest BCUT2D eigenvalue weighted by molar-refractivity contribution is -0.384. The molecule has 1 saturated carbocycles. The van der Waals surface area contributed by atoms with E-state index < -0.39 is 16.8 Å². The van der Waals surface area contributed by atoms with Crippen molar-refractivity contribution in [3.8, 4) is 0 Å². The van der Waals surface area contributed by atoms with Gasteiger partial charge in [-0.2, -0.15) is 18.2 Å². The molecule has 0 aromatic carbocycles. The smallest absolute Gasteiger partial charge is 0.364 e. The third-order valence-electron chi connectivity index (χ3n) is 4.94. The van der Waals surface area contributed by atoms with Crippen molar-refractivity contribution in [3.05, 3.63) is 45.9 Å². The molecule has 0 atom stereocenters. The van der Waals surface area contributed by atoms with Gasteiger partial charge in [0, 0.05) is 12.6 Å². The summed E-state index contributed by atoms with van der Waals surface area (Å²) in [5.74, 6) is 0.447. The highest BCUT2D eigenvalue weighted by Crippen LogP contribution is 2.28. The van der Waals surface area contributed by atoms with E-state index in [9.17, 15) is 23.3 Å². The van der Waals surface area contributed by atoms with Crippen LogP contribution in [0.3, 0.4) is 0 Å². The van der Waals surface area contributed by atoms with Gasteiger partial charge in [-0.3, -0.25) is 10.1 Å². The van der Waals surface area contributed by atoms with Crippen LogP contribution < -0.4 is 16.4 Å². The number of nitrogens with zero attached hydrogens (tertiary/aromatic N) is 4. The Morgan fingerprint density at radius 2 is 1.90 bits per heavy atom. The quantitative estimate of drug-likeness (QED) is 0.455. The number of nitro groups is 1. The Bertz CT molecular complexity index is 886. The minimum atomic E-state index is -4.54. The van der Waals surface area contributed by atoms with E-state index in [1.807, 2.05) is 0 Å². The van der Waals surface area contributed by atoms with Crippen LogP contribution in [0, 0.1) is 16.0 Å². The van der Waals surface area contributed by atoms with E-state index >= 15 is 0 Å². The number of nitrogens with one attached hydrogen (secondary N) is 2. The van der Waals surface area contributed by atoms with E-state index in [0.717, 1.165) is 37.9 Å². The summed E-state index contributed by atoms with van der Waals surface area (Å²) in [4.78, 5) is 22.2. The Morgan fingerprint density at radius 3 is 2.57 bits per heavy atom. The van der Waals surface area contributed by atoms with E-state index in [2.05, 4.69) is 25.6 Å². The SMILES string of the molecule is NC1CCC(CNc2nc(NCc3cccc(C(F)(F)F)n3)ncc2[N+](=O)[O-])CC1. The first kappa shape index (κ1) is 21.7. The van der Waals surface area contributed by atoms with Crippen LogP contribution in [0.2, 0.25) is 0 Å². The van der Waals surface area contributed by atoms with Crippen molar-refractivity contribution in [1.29, 1.82) is 0 Å². The van der Waals surface area contributed by atoms with Gasteiger partial charge in [0.15, 0.2) is 0 Å². The number of hydrogen-bond acceptors (Lipinski definition) is 8. The van der Waals surface area contributed by atoms with Gasteiger partial charge in [-0.25, -0.2) is 9.97 Å². The average molecular weight is 425 g/mol. The lowest BCUT2D eigenvalue weighted by Gasteiger charge is -2.26. The molecule has 2 aromatic heterocycles. The molecule has 3 rings (SSSR count). The van der Waals surface area contributed by atoms with Crippen molar-refractivity contribution in [2.45, 2.75) is 44.4 Å². The monoisotopic (exact) mass is 425 g/mol. The Morgan fingerprint density at radius 1 is 1.17 bits per heavy atom. The standard InChI is InChI=1S/C18H22F3N7O2/c19-18(20,21)15-3-1-2-13(26-15)9-24-17-25-10-14(28(29)30)16(27-17)23-8-11-4-6-12(22)7-5-11/h1-3,10-12H,4-9,22H2,(H2,23,24,25,27). The van der Waals surface area contributed by atoms with Gasteiger partial charge in [0.1, 0.15) is 11.9 Å². The van der Waals surface area contributed by atoms with E-state index in [0.29, 0.717) is 12.5 Å². The molecule has 9 nitrogen and oxygen atoms in total. The molecule has 0 saturated heterocycles. The zero-order chi connectivity index (χ0) is 21.7. The van der Waals surface area contributed by atoms with Crippen LogP contribution in [0.5, 0.6) is 0 Å². The third-order valence-corrected chi connectivity index (χ3v) is 4.94. The second-order valence-electron chi connectivity index (χ2n) is 7.21. The van der Waals surface area contributed by atoms with Gasteiger partial charge in [-0.05, 0) is 43.7 Å². The predicted molar refractivity (Wildman–Crippen MR) is 104 cm³/mol. The first-order valence-corrected chi connectivity index (χ1v) is 9.50. The number of nitrogens with two attached hydrogens (primary N) is 1. The largest absolute Gasteiger partial charge is 0.433 e. The zero-order valence-electron chi connectivity index (χ0n) is 16.0. The van der Waals surface area contributed by atoms with Crippen LogP contribution in [0.4, 0.5) is 30.6 Å². The molecule has 2 heterocycles. The van der Waals surface area contributed by atoms with E-state index in [-0.39, 0.29) is 35.7 Å². The summed E-state index contributed by atoms with van der Waals surface area (Å²) < 4.78 is 38.3. The van der Waals surface area contributed by atoms with Crippen LogP contribution in [0.1, 0.15) is 37.1 Å². The summed E-state index contributed by atoms with van der Waals surface area (Å²) in [6.45, 7) is 0.445. The molecule has 162 valence electrons. The first-order chi connectivity index (χ1) is 14.2. The molecule has 0 unspecified atom stereocenters. The number of hydrogen-bond donors (Lipinski definition) is 3. The Kier molecular flexibility index (Phi) is 6.65. The minimum Gasteiger partial charge on any atom is -0.364 e. The maximum atomic E-state index is 12.8. The average Bonchev–Trinajstić information content (AvgIpc) is 2.71. The summed E-state index contributed by atoms with van der Waals surface area (Å²) in [6.07, 6.45) is 0.205. The Balaban J connectivity index is 1.67. The van der Waals surface area contributed by atoms with E-state index in [4.69, 9.17) is 5.73 Å². The number of halogens is 3. The predicted octanol–water partition coefficient (Wildman–Crippen LogP) is 3.34. The van der Waals surface area contributed by atoms with Crippen molar-refractivity contribution in [3.63, 3.8) is 0 Å². The van der Waals surface area contributed by atoms with Crippen molar-refractivity contribution >= 4 is 17.5 Å². The minimum absolute atomic E-state index is 0.0491. The molecule has 1 aliphatic carbocycles. The molecule has 0 bridgehead atoms. The molecule has 1 aliphatic rings. The molecular weight excluding hydrogens is 403 g/mol. The molecule has 2 aromatic rings. The highest BCUT2D eigenvalue weighted by atomic mass is 19.4. The molecule has 30 heavy (non-hydrogen) atoms. The fourth-order valence-corrected chi connectivity index (χ4v) is 3.26. The molecule has 0 aliphatic heterocycles. The van der Waals surface area contributed by atoms with Crippen LogP contribution in [0.15, 0.2) is 24.4 Å². The number of alkyl halides is 3. The van der Waals surface area contributed by atoms with E-state index in [1.54, 1.807) is 0 Å². The second kappa shape index (κ2) is 9.20. The number of aromatic nitrogens is 3. The summed E-state index contributed by atoms with van der Waals surface area (Å²) in [7, 11) is 0. The Hall–Kier alpha value is -3.02. The maximum absolute atomic E-state index is 12.8. The van der Waals surface area contributed by atoms with Crippen LogP contribution in [-0.4, -0.2) is 32.5 Å². The maximum Gasteiger partial charge on any atom is 0.433 e. The molecular formula is C18H22F3N7O2. The van der Waals surface area contributed by atoms with Gasteiger partial charge >= 0.3 is 11.9 Å². The normalized spacial score (nSPS) is 19.3. The van der Waals surface area contributed by atoms with Crippen molar-refractivity contribution < 1.29 is 18.1 Å². The van der Waals surface area contributed by atoms with Gasteiger partial charge in [0.25, 0.3) is 0 Å². The number of pyridine rings is 1. The zero-order valence-corrected chi connectivity index (χ0v) is 16.0. The van der Waals surface area contributed by atoms with Gasteiger partial charge < -0.3 is 16.4 Å². The van der Waals surface area contributed by atoms with Gasteiger partial charge in [0.05, 0.1) is 17.2 Å². The fourth-order valence-electron chi connectivity index (χ4n) is 3.26. The third kappa shape index (κ3) is 5.75. The van der Waals surface area contributed by atoms with Crippen molar-refractivity contribution in [2.24, 2.45) is 11.7 Å². The van der Waals surface area contributed by atoms with Gasteiger partial charge in [0.2, 0.25) is 11.8 Å². The lowest BCUT2D eigenvalue weighted by atomic mass is 9.86. The molecule has 0 amide bonds. The van der Waals surface area contributed by atoms with Crippen LogP contribution >= 0.6 is 0 Å². The highest BCUT2D eigenvalue weighted by Gasteiger charge is 2.32. The summed E-state index contributed by atoms with van der Waals surface area (Å²) in [6, 6.07) is 3.77. The van der Waals surface area contributed by atoms with Gasteiger partial charge in [-0.15, -0.1) is 0 Å². The van der Waals surface area contributed by atoms with E-state index in [1.165, 1.54) is 12.1 Å². The molecule has 0 spiro atoms. The summed E-state index contributed by atoms with van der Waals surface area (Å²) >= 11 is 0. The highest BCUT2D eigenvalue weighted by molar-refractivity contribution is 5.57. The van der Waals surface area contributed by atoms with Crippen LogP contribution in [0.25, 0.3) is 0 Å². The summed E-state index contributed by atoms with van der Waals surface area (Å²) in [5, 5.41) is 17.0. The molecule has 0 radical (unpaired) electrons. The van der Waals surface area contributed by atoms with Crippen molar-refractivity contribution in [1.82, 2.24) is 15.0 Å². The number of anilines is 2. The van der Waals surface area contributed by atoms with Gasteiger partial charge in [-0.1, -0.05) is 6.07 Å². The molecule has 4 N–H and O–H groups in total.